The molecule has 0 aromatic carbocycles. The summed E-state index contributed by atoms with van der Waals surface area (Å²) in [5.41, 5.74) is 0.275. The molecule has 0 spiro atoms. The van der Waals surface area contributed by atoms with Crippen LogP contribution in [0.5, 0.6) is 5.75 Å². The van der Waals surface area contributed by atoms with Crippen molar-refractivity contribution in [1.29, 1.82) is 0 Å². The van der Waals surface area contributed by atoms with Crippen LogP contribution < -0.4 is 10.4 Å². The fraction of sp³-hybridized carbons (Fsp3) is 0.273. The number of allylic oxidation sites excluding steroid dienone is 1. The van der Waals surface area contributed by atoms with Crippen LogP contribution in [-0.4, -0.2) is 19.7 Å². The Morgan fingerprint density at radius 2 is 2.19 bits per heavy atom. The Morgan fingerprint density at radius 3 is 2.81 bits per heavy atom. The van der Waals surface area contributed by atoms with E-state index in [9.17, 15) is 9.59 Å². The van der Waals surface area contributed by atoms with Crippen molar-refractivity contribution < 1.29 is 18.7 Å². The van der Waals surface area contributed by atoms with Gasteiger partial charge >= 0.3 is 11.6 Å². The molecule has 0 bridgehead atoms. The van der Waals surface area contributed by atoms with Gasteiger partial charge in [0.2, 0.25) is 0 Å². The predicted molar refractivity (Wildman–Crippen MR) is 55.5 cm³/mol. The zero-order chi connectivity index (χ0) is 11.7. The van der Waals surface area contributed by atoms with Crippen molar-refractivity contribution in [3.8, 4) is 5.75 Å². The van der Waals surface area contributed by atoms with E-state index in [2.05, 4.69) is 0 Å². The van der Waals surface area contributed by atoms with Crippen molar-refractivity contribution in [3.05, 3.63) is 33.9 Å². The molecule has 0 amide bonds. The summed E-state index contributed by atoms with van der Waals surface area (Å²) in [7, 11) is 1.38. The third-order valence-electron chi connectivity index (χ3n) is 2.35. The number of cyclic esters (lactones) is 1. The molecule has 2 heterocycles. The van der Waals surface area contributed by atoms with E-state index in [0.717, 1.165) is 6.07 Å². The highest BCUT2D eigenvalue weighted by molar-refractivity contribution is 5.99. The number of carbonyl (C=O) groups excluding carboxylic acids is 1. The van der Waals surface area contributed by atoms with E-state index in [0.29, 0.717) is 5.57 Å². The summed E-state index contributed by atoms with van der Waals surface area (Å²) in [4.78, 5) is 22.8. The summed E-state index contributed by atoms with van der Waals surface area (Å²) in [5, 5.41) is 0. The summed E-state index contributed by atoms with van der Waals surface area (Å²) >= 11 is 0. The van der Waals surface area contributed by atoms with Crippen LogP contribution in [0.3, 0.4) is 0 Å². The van der Waals surface area contributed by atoms with Gasteiger partial charge in [0.25, 0.3) is 0 Å². The maximum Gasteiger partial charge on any atom is 0.346 e. The molecule has 0 radical (unpaired) electrons. The van der Waals surface area contributed by atoms with Gasteiger partial charge in [-0.15, -0.1) is 0 Å². The Kier molecular flexibility index (Phi) is 2.52. The van der Waals surface area contributed by atoms with Crippen molar-refractivity contribution in [2.75, 3.05) is 13.7 Å². The van der Waals surface area contributed by atoms with Crippen LogP contribution in [0.2, 0.25) is 0 Å². The van der Waals surface area contributed by atoms with E-state index >= 15 is 0 Å². The third kappa shape index (κ3) is 1.50. The van der Waals surface area contributed by atoms with E-state index < -0.39 is 11.6 Å². The van der Waals surface area contributed by atoms with Crippen LogP contribution in [0.15, 0.2) is 21.4 Å². The SMILES string of the molecule is C/C=C1/COC(=O)c2c(OC)cc(=O)oc21. The molecule has 1 aliphatic heterocycles. The van der Waals surface area contributed by atoms with E-state index in [1.54, 1.807) is 13.0 Å². The second kappa shape index (κ2) is 3.84. The lowest BCUT2D eigenvalue weighted by Gasteiger charge is -2.18. The fourth-order valence-corrected chi connectivity index (χ4v) is 1.55. The van der Waals surface area contributed by atoms with Gasteiger partial charge in [0.05, 0.1) is 13.2 Å². The molecule has 0 N–H and O–H groups in total. The summed E-state index contributed by atoms with van der Waals surface area (Å²) in [6.07, 6.45) is 1.73. The number of carbonyl (C=O) groups is 1. The highest BCUT2D eigenvalue weighted by atomic mass is 16.5. The Morgan fingerprint density at radius 1 is 1.44 bits per heavy atom. The van der Waals surface area contributed by atoms with Crippen molar-refractivity contribution in [1.82, 2.24) is 0 Å². The summed E-state index contributed by atoms with van der Waals surface area (Å²) in [5.74, 6) is -0.125. The quantitative estimate of drug-likeness (QED) is 0.668. The van der Waals surface area contributed by atoms with Gasteiger partial charge in [-0.1, -0.05) is 6.08 Å². The third-order valence-corrected chi connectivity index (χ3v) is 2.35. The molecule has 0 atom stereocenters. The summed E-state index contributed by atoms with van der Waals surface area (Å²) in [6.45, 7) is 1.89. The lowest BCUT2D eigenvalue weighted by molar-refractivity contribution is 0.0529. The molecular formula is C11H10O5. The van der Waals surface area contributed by atoms with E-state index in [1.165, 1.54) is 7.11 Å². The fourth-order valence-electron chi connectivity index (χ4n) is 1.55. The minimum Gasteiger partial charge on any atom is -0.495 e. The number of rotatable bonds is 1. The first-order chi connectivity index (χ1) is 7.67. The Labute approximate surface area is 91.3 Å². The van der Waals surface area contributed by atoms with Gasteiger partial charge in [0.15, 0.2) is 5.76 Å². The van der Waals surface area contributed by atoms with E-state index in [1.807, 2.05) is 0 Å². The van der Waals surface area contributed by atoms with Crippen molar-refractivity contribution in [2.45, 2.75) is 6.92 Å². The standard InChI is InChI=1S/C11H10O5/c1-3-6-5-15-11(13)9-7(14-2)4-8(12)16-10(6)9/h3-4H,5H2,1-2H3/b6-3-. The lowest BCUT2D eigenvalue weighted by atomic mass is 10.1. The monoisotopic (exact) mass is 222 g/mol. The Hall–Kier alpha value is -2.04. The minimum absolute atomic E-state index is 0.110. The molecule has 16 heavy (non-hydrogen) atoms. The van der Waals surface area contributed by atoms with Gasteiger partial charge in [0.1, 0.15) is 17.9 Å². The number of hydrogen-bond donors (Lipinski definition) is 0. The molecule has 0 saturated heterocycles. The first kappa shape index (κ1) is 10.5. The van der Waals surface area contributed by atoms with Crippen LogP contribution in [-0.2, 0) is 4.74 Å². The van der Waals surface area contributed by atoms with Crippen LogP contribution in [0.25, 0.3) is 5.57 Å². The molecule has 1 aromatic heterocycles. The lowest BCUT2D eigenvalue weighted by Crippen LogP contribution is -2.20. The molecule has 5 heteroatoms. The molecule has 0 unspecified atom stereocenters. The largest absolute Gasteiger partial charge is 0.495 e. The van der Waals surface area contributed by atoms with Gasteiger partial charge < -0.3 is 13.9 Å². The number of hydrogen-bond acceptors (Lipinski definition) is 5. The molecular weight excluding hydrogens is 212 g/mol. The van der Waals surface area contributed by atoms with Crippen molar-refractivity contribution >= 4 is 11.5 Å². The average Bonchev–Trinajstić information content (AvgIpc) is 2.28. The molecule has 1 aliphatic rings. The second-order valence-electron chi connectivity index (χ2n) is 3.23. The molecule has 5 nitrogen and oxygen atoms in total. The first-order valence-corrected chi connectivity index (χ1v) is 4.72. The second-order valence-corrected chi connectivity index (χ2v) is 3.23. The molecule has 2 rings (SSSR count). The van der Waals surface area contributed by atoms with Gasteiger partial charge in [0, 0.05) is 5.57 Å². The highest BCUT2D eigenvalue weighted by Crippen LogP contribution is 2.30. The zero-order valence-corrected chi connectivity index (χ0v) is 8.90. The first-order valence-electron chi connectivity index (χ1n) is 4.72. The average molecular weight is 222 g/mol. The Balaban J connectivity index is 2.77. The highest BCUT2D eigenvalue weighted by Gasteiger charge is 2.29. The van der Waals surface area contributed by atoms with E-state index in [-0.39, 0.29) is 23.7 Å². The van der Waals surface area contributed by atoms with Crippen LogP contribution in [0, 0.1) is 0 Å². The van der Waals surface area contributed by atoms with Gasteiger partial charge in [-0.05, 0) is 6.92 Å². The minimum atomic E-state index is -0.551. The topological polar surface area (TPSA) is 65.7 Å². The number of fused-ring (bicyclic) bond motifs is 1. The normalized spacial score (nSPS) is 16.9. The molecule has 84 valence electrons. The summed E-state index contributed by atoms with van der Waals surface area (Å²) in [6, 6.07) is 1.12. The molecule has 0 fully saturated rings. The van der Waals surface area contributed by atoms with E-state index in [4.69, 9.17) is 13.9 Å². The van der Waals surface area contributed by atoms with Gasteiger partial charge in [-0.2, -0.15) is 0 Å². The smallest absolute Gasteiger partial charge is 0.346 e. The van der Waals surface area contributed by atoms with Gasteiger partial charge in [-0.25, -0.2) is 9.59 Å². The maximum absolute atomic E-state index is 11.5. The predicted octanol–water partition coefficient (Wildman–Crippen LogP) is 1.22. The van der Waals surface area contributed by atoms with Gasteiger partial charge in [-0.3, -0.25) is 0 Å². The van der Waals surface area contributed by atoms with Crippen molar-refractivity contribution in [2.24, 2.45) is 0 Å². The van der Waals surface area contributed by atoms with Crippen LogP contribution >= 0.6 is 0 Å². The zero-order valence-electron chi connectivity index (χ0n) is 8.90. The molecule has 1 aromatic rings. The molecule has 0 saturated carbocycles. The number of ether oxygens (including phenoxy) is 2. The maximum atomic E-state index is 11.5. The van der Waals surface area contributed by atoms with Crippen LogP contribution in [0.4, 0.5) is 0 Å². The summed E-state index contributed by atoms with van der Waals surface area (Å²) < 4.78 is 14.9. The number of esters is 1. The van der Waals surface area contributed by atoms with Crippen LogP contribution in [0.1, 0.15) is 23.0 Å². The molecule has 0 aliphatic carbocycles. The van der Waals surface area contributed by atoms with Crippen molar-refractivity contribution in [3.63, 3.8) is 0 Å². The Bertz CT molecular complexity index is 524. The number of methoxy groups -OCH3 is 1.